The fourth-order valence-corrected chi connectivity index (χ4v) is 4.14. The van der Waals surface area contributed by atoms with Gasteiger partial charge in [0.2, 0.25) is 5.91 Å². The van der Waals surface area contributed by atoms with Gasteiger partial charge in [-0.15, -0.1) is 0 Å². The lowest BCUT2D eigenvalue weighted by atomic mass is 9.97. The molecule has 2 heterocycles. The maximum absolute atomic E-state index is 12.4. The largest absolute Gasteiger partial charge is 0.345 e. The van der Waals surface area contributed by atoms with E-state index >= 15 is 0 Å². The number of benzene rings is 1. The predicted octanol–water partition coefficient (Wildman–Crippen LogP) is 3.08. The second-order valence-electron chi connectivity index (χ2n) is 7.83. The zero-order valence-electron chi connectivity index (χ0n) is 16.4. The van der Waals surface area contributed by atoms with E-state index in [1.165, 1.54) is 18.4 Å². The van der Waals surface area contributed by atoms with Crippen LogP contribution in [0.1, 0.15) is 31.2 Å². The summed E-state index contributed by atoms with van der Waals surface area (Å²) in [7, 11) is 1.94. The molecule has 0 aromatic heterocycles. The van der Waals surface area contributed by atoms with Crippen LogP contribution in [-0.4, -0.2) is 73.7 Å². The summed E-state index contributed by atoms with van der Waals surface area (Å²) in [6.07, 6.45) is 5.09. The Morgan fingerprint density at radius 2 is 2.04 bits per heavy atom. The molecule has 1 amide bonds. The van der Waals surface area contributed by atoms with Crippen LogP contribution >= 0.6 is 11.6 Å². The van der Waals surface area contributed by atoms with Gasteiger partial charge in [0, 0.05) is 51.2 Å². The van der Waals surface area contributed by atoms with Crippen LogP contribution in [0.3, 0.4) is 0 Å². The van der Waals surface area contributed by atoms with Gasteiger partial charge >= 0.3 is 0 Å². The summed E-state index contributed by atoms with van der Waals surface area (Å²) in [5.74, 6) is 0.796. The molecular formula is C21H32ClN3O2. The third kappa shape index (κ3) is 6.75. The lowest BCUT2D eigenvalue weighted by molar-refractivity contribution is -0.138. The van der Waals surface area contributed by atoms with Crippen LogP contribution in [0.5, 0.6) is 0 Å². The molecule has 1 aromatic carbocycles. The monoisotopic (exact) mass is 393 g/mol. The van der Waals surface area contributed by atoms with Crippen molar-refractivity contribution in [2.75, 3.05) is 52.9 Å². The molecule has 150 valence electrons. The number of rotatable bonds is 8. The molecule has 1 atom stereocenters. The summed E-state index contributed by atoms with van der Waals surface area (Å²) in [4.78, 5) is 22.3. The minimum Gasteiger partial charge on any atom is -0.345 e. The number of likely N-dealkylation sites (tertiary alicyclic amines) is 1. The van der Waals surface area contributed by atoms with E-state index in [0.717, 1.165) is 57.2 Å². The molecule has 0 saturated carbocycles. The Balaban J connectivity index is 1.37. The highest BCUT2D eigenvalue weighted by atomic mass is 35.5. The molecule has 0 bridgehead atoms. The van der Waals surface area contributed by atoms with Gasteiger partial charge in [0.15, 0.2) is 0 Å². The summed E-state index contributed by atoms with van der Waals surface area (Å²) < 4.78 is 0. The molecular weight excluding hydrogens is 362 g/mol. The SMILES string of the molecule is CN(C[C@H]1CCCN(CCc2ccc(Cl)cc2)C1)C(=O)CCN1CCCO1. The van der Waals surface area contributed by atoms with E-state index in [4.69, 9.17) is 16.4 Å². The van der Waals surface area contributed by atoms with Crippen LogP contribution in [0.25, 0.3) is 0 Å². The Labute approximate surface area is 168 Å². The van der Waals surface area contributed by atoms with Gasteiger partial charge in [-0.2, -0.15) is 5.06 Å². The Morgan fingerprint density at radius 1 is 1.22 bits per heavy atom. The van der Waals surface area contributed by atoms with E-state index in [0.29, 0.717) is 18.9 Å². The topological polar surface area (TPSA) is 36.0 Å². The number of nitrogens with zero attached hydrogens (tertiary/aromatic N) is 3. The lowest BCUT2D eigenvalue weighted by Crippen LogP contribution is -2.42. The number of hydroxylamine groups is 2. The number of hydrogen-bond donors (Lipinski definition) is 0. The number of carbonyl (C=O) groups is 1. The first-order chi connectivity index (χ1) is 13.1. The quantitative estimate of drug-likeness (QED) is 0.680. The van der Waals surface area contributed by atoms with E-state index in [1.54, 1.807) is 0 Å². The zero-order chi connectivity index (χ0) is 19.1. The standard InChI is InChI=1S/C21H32ClN3O2/c1-23(21(26)10-14-25-12-3-15-27-25)16-19-4-2-11-24(17-19)13-9-18-5-7-20(22)8-6-18/h5-8,19H,2-4,9-17H2,1H3/t19-/m1/s1. The van der Waals surface area contributed by atoms with Crippen molar-refractivity contribution in [2.24, 2.45) is 5.92 Å². The molecule has 2 aliphatic heterocycles. The molecule has 0 radical (unpaired) electrons. The first kappa shape index (κ1) is 20.6. The fraction of sp³-hybridized carbons (Fsp3) is 0.667. The lowest BCUT2D eigenvalue weighted by Gasteiger charge is -2.35. The zero-order valence-corrected chi connectivity index (χ0v) is 17.2. The van der Waals surface area contributed by atoms with E-state index in [-0.39, 0.29) is 5.91 Å². The van der Waals surface area contributed by atoms with Crippen LogP contribution in [0.15, 0.2) is 24.3 Å². The van der Waals surface area contributed by atoms with Crippen molar-refractivity contribution in [1.82, 2.24) is 14.9 Å². The summed E-state index contributed by atoms with van der Waals surface area (Å²) in [6.45, 7) is 6.62. The molecule has 6 heteroatoms. The van der Waals surface area contributed by atoms with Crippen molar-refractivity contribution >= 4 is 17.5 Å². The summed E-state index contributed by atoms with van der Waals surface area (Å²) in [5.41, 5.74) is 1.33. The Kier molecular flexibility index (Phi) is 7.94. The molecule has 0 N–H and O–H groups in total. The third-order valence-electron chi connectivity index (χ3n) is 5.59. The second-order valence-corrected chi connectivity index (χ2v) is 8.26. The predicted molar refractivity (Wildman–Crippen MR) is 109 cm³/mol. The number of carbonyl (C=O) groups excluding carboxylic acids is 1. The highest BCUT2D eigenvalue weighted by Crippen LogP contribution is 2.19. The van der Waals surface area contributed by atoms with E-state index in [9.17, 15) is 4.79 Å². The third-order valence-corrected chi connectivity index (χ3v) is 5.84. The normalized spacial score (nSPS) is 21.5. The van der Waals surface area contributed by atoms with Gasteiger partial charge in [-0.1, -0.05) is 23.7 Å². The molecule has 2 saturated heterocycles. The van der Waals surface area contributed by atoms with Crippen LogP contribution in [0.4, 0.5) is 0 Å². The molecule has 2 aliphatic rings. The molecule has 5 nitrogen and oxygen atoms in total. The fourth-order valence-electron chi connectivity index (χ4n) is 4.02. The average molecular weight is 394 g/mol. The summed E-state index contributed by atoms with van der Waals surface area (Å²) in [5, 5.41) is 2.71. The molecule has 0 aliphatic carbocycles. The number of amides is 1. The van der Waals surface area contributed by atoms with Crippen molar-refractivity contribution in [1.29, 1.82) is 0 Å². The average Bonchev–Trinajstić information content (AvgIpc) is 3.19. The molecule has 0 spiro atoms. The highest BCUT2D eigenvalue weighted by Gasteiger charge is 2.23. The minimum atomic E-state index is 0.226. The Hall–Kier alpha value is -1.14. The molecule has 2 fully saturated rings. The van der Waals surface area contributed by atoms with Crippen molar-refractivity contribution < 1.29 is 9.63 Å². The molecule has 1 aromatic rings. The van der Waals surface area contributed by atoms with Crippen molar-refractivity contribution in [2.45, 2.75) is 32.1 Å². The molecule has 0 unspecified atom stereocenters. The first-order valence-corrected chi connectivity index (χ1v) is 10.6. The van der Waals surface area contributed by atoms with Gasteiger partial charge < -0.3 is 9.80 Å². The maximum atomic E-state index is 12.4. The van der Waals surface area contributed by atoms with Crippen molar-refractivity contribution in [3.8, 4) is 0 Å². The van der Waals surface area contributed by atoms with Crippen LogP contribution in [0, 0.1) is 5.92 Å². The molecule has 27 heavy (non-hydrogen) atoms. The van der Waals surface area contributed by atoms with Crippen LogP contribution in [-0.2, 0) is 16.1 Å². The highest BCUT2D eigenvalue weighted by molar-refractivity contribution is 6.30. The van der Waals surface area contributed by atoms with Crippen molar-refractivity contribution in [3.63, 3.8) is 0 Å². The first-order valence-electron chi connectivity index (χ1n) is 10.2. The van der Waals surface area contributed by atoms with E-state index in [1.807, 2.05) is 29.1 Å². The van der Waals surface area contributed by atoms with Gasteiger partial charge in [-0.25, -0.2) is 0 Å². The Morgan fingerprint density at radius 3 is 2.78 bits per heavy atom. The van der Waals surface area contributed by atoms with Gasteiger partial charge in [0.1, 0.15) is 0 Å². The van der Waals surface area contributed by atoms with Gasteiger partial charge in [-0.05, 0) is 55.8 Å². The second kappa shape index (κ2) is 10.4. The van der Waals surface area contributed by atoms with E-state index < -0.39 is 0 Å². The molecule has 3 rings (SSSR count). The van der Waals surface area contributed by atoms with Crippen LogP contribution < -0.4 is 0 Å². The van der Waals surface area contributed by atoms with Crippen molar-refractivity contribution in [3.05, 3.63) is 34.9 Å². The van der Waals surface area contributed by atoms with Gasteiger partial charge in [0.05, 0.1) is 6.61 Å². The van der Waals surface area contributed by atoms with E-state index in [2.05, 4.69) is 17.0 Å². The van der Waals surface area contributed by atoms with Crippen LogP contribution in [0.2, 0.25) is 5.02 Å². The maximum Gasteiger partial charge on any atom is 0.223 e. The van der Waals surface area contributed by atoms with Gasteiger partial charge in [0.25, 0.3) is 0 Å². The minimum absolute atomic E-state index is 0.226. The number of halogens is 1. The summed E-state index contributed by atoms with van der Waals surface area (Å²) >= 11 is 5.96. The number of hydrogen-bond acceptors (Lipinski definition) is 4. The Bertz CT molecular complexity index is 590. The smallest absolute Gasteiger partial charge is 0.223 e. The number of piperidine rings is 1. The summed E-state index contributed by atoms with van der Waals surface area (Å²) in [6, 6.07) is 8.15. The van der Waals surface area contributed by atoms with Gasteiger partial charge in [-0.3, -0.25) is 9.63 Å².